The summed E-state index contributed by atoms with van der Waals surface area (Å²) in [5.74, 6) is 0. The van der Waals surface area contributed by atoms with Crippen LogP contribution in [0.25, 0.3) is 16.7 Å². The van der Waals surface area contributed by atoms with E-state index in [0.717, 1.165) is 0 Å². The summed E-state index contributed by atoms with van der Waals surface area (Å²) in [5.41, 5.74) is 12.0. The molecule has 130 valence electrons. The van der Waals surface area contributed by atoms with Gasteiger partial charge in [0.25, 0.3) is 0 Å². The Morgan fingerprint density at radius 1 is 0.778 bits per heavy atom. The number of allylic oxidation sites excluding steroid dienone is 5. The quantitative estimate of drug-likeness (QED) is 0.452. The van der Waals surface area contributed by atoms with E-state index in [1.54, 1.807) is 0 Å². The fourth-order valence-electron chi connectivity index (χ4n) is 5.34. The topological polar surface area (TPSA) is 0 Å². The third-order valence-corrected chi connectivity index (χ3v) is 6.16. The Morgan fingerprint density at radius 2 is 1.41 bits per heavy atom. The van der Waals surface area contributed by atoms with Crippen molar-refractivity contribution in [3.63, 3.8) is 0 Å². The van der Waals surface area contributed by atoms with Crippen molar-refractivity contribution >= 4 is 5.57 Å². The van der Waals surface area contributed by atoms with E-state index in [0.29, 0.717) is 0 Å². The lowest BCUT2D eigenvalue weighted by Gasteiger charge is -2.32. The number of rotatable bonds is 1. The van der Waals surface area contributed by atoms with Gasteiger partial charge < -0.3 is 0 Å². The summed E-state index contributed by atoms with van der Waals surface area (Å²) in [6.07, 6.45) is 6.38. The van der Waals surface area contributed by atoms with E-state index in [1.807, 2.05) is 6.08 Å². The zero-order chi connectivity index (χ0) is 18.6. The molecule has 0 bridgehead atoms. The minimum absolute atomic E-state index is 0.239. The van der Waals surface area contributed by atoms with Crippen LogP contribution in [0.15, 0.2) is 97.1 Å². The average molecular weight is 346 g/mol. The van der Waals surface area contributed by atoms with Crippen LogP contribution in [0.2, 0.25) is 0 Å². The van der Waals surface area contributed by atoms with E-state index >= 15 is 0 Å². The lowest BCUT2D eigenvalue weighted by molar-refractivity contribution is 0.785. The molecule has 3 aromatic rings. The van der Waals surface area contributed by atoms with Crippen molar-refractivity contribution in [2.24, 2.45) is 0 Å². The lowest BCUT2D eigenvalue weighted by atomic mass is 9.69. The predicted molar refractivity (Wildman–Crippen MR) is 115 cm³/mol. The minimum atomic E-state index is -0.239. The summed E-state index contributed by atoms with van der Waals surface area (Å²) in [5, 5.41) is 0. The molecule has 1 atom stereocenters. The average Bonchev–Trinajstić information content (AvgIpc) is 3.15. The van der Waals surface area contributed by atoms with Gasteiger partial charge in [0.05, 0.1) is 5.41 Å². The molecular formula is C27H22. The molecule has 2 aliphatic rings. The van der Waals surface area contributed by atoms with Gasteiger partial charge >= 0.3 is 0 Å². The first-order chi connectivity index (χ1) is 13.2. The summed E-state index contributed by atoms with van der Waals surface area (Å²) in [7, 11) is 0. The third-order valence-electron chi connectivity index (χ3n) is 6.16. The van der Waals surface area contributed by atoms with Crippen LogP contribution in [0.1, 0.15) is 34.7 Å². The highest BCUT2D eigenvalue weighted by atomic mass is 14.5. The molecule has 0 radical (unpaired) electrons. The van der Waals surface area contributed by atoms with Crippen molar-refractivity contribution in [3.8, 4) is 11.1 Å². The van der Waals surface area contributed by atoms with Gasteiger partial charge in [-0.15, -0.1) is 0 Å². The van der Waals surface area contributed by atoms with Gasteiger partial charge in [0.15, 0.2) is 0 Å². The van der Waals surface area contributed by atoms with Gasteiger partial charge in [0.2, 0.25) is 0 Å². The van der Waals surface area contributed by atoms with E-state index in [4.69, 9.17) is 0 Å². The standard InChI is InChI=1S/C27H22/c1-4-11-19-20-13-6-8-16-24(20)27(23(19)5-2)25-17-9-7-14-21(25)22-15-10-12-18(3)26(22)27/h4-17H,1H2,2-3H3. The van der Waals surface area contributed by atoms with Crippen LogP contribution in [0.5, 0.6) is 0 Å². The Bertz CT molecular complexity index is 1160. The van der Waals surface area contributed by atoms with E-state index in [1.165, 1.54) is 50.1 Å². The second kappa shape index (κ2) is 5.69. The highest BCUT2D eigenvalue weighted by molar-refractivity contribution is 6.00. The van der Waals surface area contributed by atoms with Gasteiger partial charge in [-0.05, 0) is 63.9 Å². The molecule has 0 saturated heterocycles. The van der Waals surface area contributed by atoms with Gasteiger partial charge in [-0.25, -0.2) is 0 Å². The van der Waals surface area contributed by atoms with Crippen LogP contribution in [-0.4, -0.2) is 0 Å². The van der Waals surface area contributed by atoms with Crippen molar-refractivity contribution in [1.82, 2.24) is 0 Å². The maximum Gasteiger partial charge on any atom is 0.0724 e. The molecule has 0 saturated carbocycles. The van der Waals surface area contributed by atoms with Crippen LogP contribution in [0.4, 0.5) is 0 Å². The predicted octanol–water partition coefficient (Wildman–Crippen LogP) is 6.84. The first-order valence-electron chi connectivity index (χ1n) is 9.54. The Kier molecular flexibility index (Phi) is 3.39. The van der Waals surface area contributed by atoms with Crippen LogP contribution in [0.3, 0.4) is 0 Å². The molecule has 1 spiro atoms. The Balaban J connectivity index is 2.04. The van der Waals surface area contributed by atoms with Crippen LogP contribution in [0, 0.1) is 6.92 Å². The summed E-state index contributed by atoms with van der Waals surface area (Å²) >= 11 is 0. The summed E-state index contributed by atoms with van der Waals surface area (Å²) in [6.45, 7) is 8.40. The van der Waals surface area contributed by atoms with Crippen molar-refractivity contribution in [2.75, 3.05) is 0 Å². The zero-order valence-corrected chi connectivity index (χ0v) is 15.8. The maximum absolute atomic E-state index is 3.98. The molecule has 0 nitrogen and oxygen atoms in total. The molecular weight excluding hydrogens is 324 g/mol. The Morgan fingerprint density at radius 3 is 2.11 bits per heavy atom. The van der Waals surface area contributed by atoms with Gasteiger partial charge in [-0.1, -0.05) is 91.5 Å². The highest BCUT2D eigenvalue weighted by Crippen LogP contribution is 2.64. The second-order valence-corrected chi connectivity index (χ2v) is 7.36. The summed E-state index contributed by atoms with van der Waals surface area (Å²) < 4.78 is 0. The monoisotopic (exact) mass is 346 g/mol. The molecule has 3 aromatic carbocycles. The van der Waals surface area contributed by atoms with E-state index in [2.05, 4.69) is 99.3 Å². The summed E-state index contributed by atoms with van der Waals surface area (Å²) in [4.78, 5) is 0. The molecule has 0 amide bonds. The van der Waals surface area contributed by atoms with Crippen molar-refractivity contribution in [2.45, 2.75) is 19.3 Å². The first-order valence-corrected chi connectivity index (χ1v) is 9.54. The van der Waals surface area contributed by atoms with Crippen LogP contribution < -0.4 is 0 Å². The fourth-order valence-corrected chi connectivity index (χ4v) is 5.34. The lowest BCUT2D eigenvalue weighted by Crippen LogP contribution is -2.26. The third kappa shape index (κ3) is 1.83. The van der Waals surface area contributed by atoms with Gasteiger partial charge in [-0.3, -0.25) is 0 Å². The van der Waals surface area contributed by atoms with Crippen molar-refractivity contribution < 1.29 is 0 Å². The Hall–Kier alpha value is -3.12. The van der Waals surface area contributed by atoms with Crippen molar-refractivity contribution in [1.29, 1.82) is 0 Å². The zero-order valence-electron chi connectivity index (χ0n) is 15.8. The molecule has 5 rings (SSSR count). The van der Waals surface area contributed by atoms with E-state index in [-0.39, 0.29) is 5.41 Å². The van der Waals surface area contributed by atoms with E-state index < -0.39 is 0 Å². The Labute approximate surface area is 161 Å². The first kappa shape index (κ1) is 16.1. The second-order valence-electron chi connectivity index (χ2n) is 7.36. The number of fused-ring (bicyclic) bond motifs is 7. The molecule has 0 heterocycles. The normalized spacial score (nSPS) is 22.1. The summed E-state index contributed by atoms with van der Waals surface area (Å²) in [6, 6.07) is 24.5. The molecule has 0 heteroatoms. The highest BCUT2D eigenvalue weighted by Gasteiger charge is 2.53. The smallest absolute Gasteiger partial charge is 0.0724 e. The molecule has 0 N–H and O–H groups in total. The van der Waals surface area contributed by atoms with Gasteiger partial charge in [-0.2, -0.15) is 0 Å². The van der Waals surface area contributed by atoms with E-state index in [9.17, 15) is 0 Å². The number of benzene rings is 3. The number of hydrogen-bond donors (Lipinski definition) is 0. The van der Waals surface area contributed by atoms with Crippen LogP contribution in [-0.2, 0) is 5.41 Å². The number of aryl methyl sites for hydroxylation is 1. The molecule has 0 aliphatic heterocycles. The molecule has 27 heavy (non-hydrogen) atoms. The van der Waals surface area contributed by atoms with Crippen LogP contribution >= 0.6 is 0 Å². The fraction of sp³-hybridized carbons (Fsp3) is 0.111. The molecule has 0 aromatic heterocycles. The largest absolute Gasteiger partial charge is 0.0990 e. The minimum Gasteiger partial charge on any atom is -0.0990 e. The molecule has 0 fully saturated rings. The van der Waals surface area contributed by atoms with Gasteiger partial charge in [0.1, 0.15) is 0 Å². The molecule has 1 unspecified atom stereocenters. The maximum atomic E-state index is 3.98. The SMILES string of the molecule is C=CC=C1C(=CC)C2(c3ccccc31)c1ccccc1-c1cccc(C)c12. The number of hydrogen-bond acceptors (Lipinski definition) is 0. The molecule has 2 aliphatic carbocycles. The van der Waals surface area contributed by atoms with Gasteiger partial charge in [0, 0.05) is 0 Å². The van der Waals surface area contributed by atoms with Crippen molar-refractivity contribution in [3.05, 3.63) is 125 Å².